The van der Waals surface area contributed by atoms with Gasteiger partial charge >= 0.3 is 0 Å². The van der Waals surface area contributed by atoms with Gasteiger partial charge in [0.2, 0.25) is 6.43 Å². The Balaban J connectivity index is 2.05. The number of hydrogen-bond acceptors (Lipinski definition) is 2. The maximum atomic E-state index is 12.5. The summed E-state index contributed by atoms with van der Waals surface area (Å²) in [5.41, 5.74) is 1.08. The average molecular weight is 305 g/mol. The van der Waals surface area contributed by atoms with Crippen LogP contribution in [-0.4, -0.2) is 24.5 Å². The first-order chi connectivity index (χ1) is 8.08. The molecule has 0 N–H and O–H groups in total. The minimum Gasteiger partial charge on any atom is -0.356 e. The van der Waals surface area contributed by atoms with Crippen molar-refractivity contribution < 1.29 is 8.78 Å². The van der Waals surface area contributed by atoms with Crippen LogP contribution < -0.4 is 4.90 Å². The second kappa shape index (κ2) is 5.29. The molecule has 1 saturated heterocycles. The highest BCUT2D eigenvalue weighted by molar-refractivity contribution is 9.10. The van der Waals surface area contributed by atoms with Crippen molar-refractivity contribution in [1.82, 2.24) is 4.98 Å². The summed E-state index contributed by atoms with van der Waals surface area (Å²) in [5.74, 6) is 0.475. The molecule has 1 aliphatic heterocycles. The lowest BCUT2D eigenvalue weighted by Gasteiger charge is -2.33. The normalized spacial score (nSPS) is 17.8. The van der Waals surface area contributed by atoms with E-state index in [4.69, 9.17) is 0 Å². The first-order valence-electron chi connectivity index (χ1n) is 5.73. The molecule has 0 bridgehead atoms. The molecule has 2 nitrogen and oxygen atoms in total. The van der Waals surface area contributed by atoms with E-state index >= 15 is 0 Å². The van der Waals surface area contributed by atoms with Crippen LogP contribution in [0, 0.1) is 12.8 Å². The fourth-order valence-electron chi connectivity index (χ4n) is 2.23. The van der Waals surface area contributed by atoms with E-state index in [1.807, 2.05) is 13.0 Å². The van der Waals surface area contributed by atoms with Crippen LogP contribution in [0.25, 0.3) is 0 Å². The van der Waals surface area contributed by atoms with E-state index in [2.05, 4.69) is 25.8 Å². The first kappa shape index (κ1) is 12.7. The number of rotatable bonds is 2. The van der Waals surface area contributed by atoms with Crippen LogP contribution in [0.5, 0.6) is 0 Å². The number of aryl methyl sites for hydroxylation is 1. The monoisotopic (exact) mass is 304 g/mol. The molecule has 0 radical (unpaired) electrons. The SMILES string of the molecule is Cc1cc(Br)cnc1N1CCC(C(F)F)CC1. The molecule has 1 fully saturated rings. The van der Waals surface area contributed by atoms with Crippen LogP contribution in [-0.2, 0) is 0 Å². The lowest BCUT2D eigenvalue weighted by atomic mass is 9.97. The molecule has 0 unspecified atom stereocenters. The minimum absolute atomic E-state index is 0.443. The van der Waals surface area contributed by atoms with Gasteiger partial charge in [0.15, 0.2) is 0 Å². The lowest BCUT2D eigenvalue weighted by molar-refractivity contribution is 0.0635. The van der Waals surface area contributed by atoms with Gasteiger partial charge in [0.05, 0.1) is 0 Å². The Morgan fingerprint density at radius 1 is 1.41 bits per heavy atom. The second-order valence-corrected chi connectivity index (χ2v) is 5.37. The third-order valence-corrected chi connectivity index (χ3v) is 3.65. The zero-order valence-electron chi connectivity index (χ0n) is 9.67. The topological polar surface area (TPSA) is 16.1 Å². The van der Waals surface area contributed by atoms with Gasteiger partial charge in [-0.1, -0.05) is 0 Å². The maximum Gasteiger partial charge on any atom is 0.241 e. The lowest BCUT2D eigenvalue weighted by Crippen LogP contribution is -2.36. The third kappa shape index (κ3) is 2.94. The van der Waals surface area contributed by atoms with Crippen LogP contribution in [0.1, 0.15) is 18.4 Å². The zero-order valence-corrected chi connectivity index (χ0v) is 11.3. The molecular weight excluding hydrogens is 290 g/mol. The Kier molecular flexibility index (Phi) is 3.97. The summed E-state index contributed by atoms with van der Waals surface area (Å²) in [7, 11) is 0. The molecule has 0 aliphatic carbocycles. The van der Waals surface area contributed by atoms with Gasteiger partial charge in [0, 0.05) is 29.7 Å². The van der Waals surface area contributed by atoms with Crippen molar-refractivity contribution >= 4 is 21.7 Å². The molecule has 1 aromatic heterocycles. The highest BCUT2D eigenvalue weighted by Crippen LogP contribution is 2.28. The Labute approximate surface area is 108 Å². The van der Waals surface area contributed by atoms with Crippen LogP contribution in [0.2, 0.25) is 0 Å². The van der Waals surface area contributed by atoms with Crippen molar-refractivity contribution in [2.45, 2.75) is 26.2 Å². The average Bonchev–Trinajstić information content (AvgIpc) is 2.29. The Morgan fingerprint density at radius 3 is 2.59 bits per heavy atom. The molecule has 0 aromatic carbocycles. The highest BCUT2D eigenvalue weighted by atomic mass is 79.9. The van der Waals surface area contributed by atoms with E-state index in [-0.39, 0.29) is 0 Å². The smallest absolute Gasteiger partial charge is 0.241 e. The van der Waals surface area contributed by atoms with Gasteiger partial charge in [-0.25, -0.2) is 13.8 Å². The van der Waals surface area contributed by atoms with Crippen molar-refractivity contribution in [3.05, 3.63) is 22.3 Å². The van der Waals surface area contributed by atoms with E-state index < -0.39 is 12.3 Å². The number of nitrogens with zero attached hydrogens (tertiary/aromatic N) is 2. The predicted molar refractivity (Wildman–Crippen MR) is 67.6 cm³/mol. The van der Waals surface area contributed by atoms with Crippen molar-refractivity contribution in [3.8, 4) is 0 Å². The molecule has 94 valence electrons. The van der Waals surface area contributed by atoms with Crippen molar-refractivity contribution in [3.63, 3.8) is 0 Å². The third-order valence-electron chi connectivity index (χ3n) is 3.21. The number of piperidine rings is 1. The fraction of sp³-hybridized carbons (Fsp3) is 0.583. The summed E-state index contributed by atoms with van der Waals surface area (Å²) in [4.78, 5) is 6.46. The van der Waals surface area contributed by atoms with Crippen LogP contribution >= 0.6 is 15.9 Å². The van der Waals surface area contributed by atoms with Gasteiger partial charge in [0.25, 0.3) is 0 Å². The summed E-state index contributed by atoms with van der Waals surface area (Å²) in [6, 6.07) is 2.00. The van der Waals surface area contributed by atoms with Gasteiger partial charge in [-0.3, -0.25) is 0 Å². The van der Waals surface area contributed by atoms with E-state index in [0.717, 1.165) is 15.9 Å². The van der Waals surface area contributed by atoms with Gasteiger partial charge in [-0.05, 0) is 47.3 Å². The standard InChI is InChI=1S/C12H15BrF2N2/c1-8-6-10(13)7-16-12(8)17-4-2-9(3-5-17)11(14)15/h6-7,9,11H,2-5H2,1H3. The molecule has 5 heteroatoms. The molecule has 0 spiro atoms. The number of anilines is 1. The molecular formula is C12H15BrF2N2. The largest absolute Gasteiger partial charge is 0.356 e. The van der Waals surface area contributed by atoms with Gasteiger partial charge in [-0.2, -0.15) is 0 Å². The van der Waals surface area contributed by atoms with Gasteiger partial charge in [-0.15, -0.1) is 0 Å². The molecule has 1 aliphatic rings. The summed E-state index contributed by atoms with van der Waals surface area (Å²) in [6.45, 7) is 3.33. The first-order valence-corrected chi connectivity index (χ1v) is 6.52. The van der Waals surface area contributed by atoms with Crippen LogP contribution in [0.3, 0.4) is 0 Å². The molecule has 1 aromatic rings. The van der Waals surface area contributed by atoms with E-state index in [0.29, 0.717) is 25.9 Å². The number of pyridine rings is 1. The van der Waals surface area contributed by atoms with Crippen LogP contribution in [0.4, 0.5) is 14.6 Å². The second-order valence-electron chi connectivity index (χ2n) is 4.45. The zero-order chi connectivity index (χ0) is 12.4. The van der Waals surface area contributed by atoms with Crippen molar-refractivity contribution in [1.29, 1.82) is 0 Å². The summed E-state index contributed by atoms with van der Waals surface area (Å²) < 4.78 is 26.0. The van der Waals surface area contributed by atoms with Crippen molar-refractivity contribution in [2.24, 2.45) is 5.92 Å². The minimum atomic E-state index is -2.18. The predicted octanol–water partition coefficient (Wildman–Crippen LogP) is 3.63. The molecule has 17 heavy (non-hydrogen) atoms. The number of alkyl halides is 2. The van der Waals surface area contributed by atoms with E-state index in [9.17, 15) is 8.78 Å². The summed E-state index contributed by atoms with van der Waals surface area (Å²) in [6.07, 6.45) is 0.668. The molecule has 2 heterocycles. The van der Waals surface area contributed by atoms with E-state index in [1.165, 1.54) is 0 Å². The number of hydrogen-bond donors (Lipinski definition) is 0. The molecule has 0 atom stereocenters. The molecule has 0 saturated carbocycles. The maximum absolute atomic E-state index is 12.5. The number of aromatic nitrogens is 1. The Bertz CT molecular complexity index is 390. The fourth-order valence-corrected chi connectivity index (χ4v) is 2.67. The molecule has 0 amide bonds. The summed E-state index contributed by atoms with van der Waals surface area (Å²) in [5, 5.41) is 0. The van der Waals surface area contributed by atoms with Crippen molar-refractivity contribution in [2.75, 3.05) is 18.0 Å². The molecule has 2 rings (SSSR count). The van der Waals surface area contributed by atoms with E-state index in [1.54, 1.807) is 6.20 Å². The van der Waals surface area contributed by atoms with Gasteiger partial charge < -0.3 is 4.90 Å². The Morgan fingerprint density at radius 2 is 2.06 bits per heavy atom. The van der Waals surface area contributed by atoms with Gasteiger partial charge in [0.1, 0.15) is 5.82 Å². The Hall–Kier alpha value is -0.710. The quantitative estimate of drug-likeness (QED) is 0.829. The highest BCUT2D eigenvalue weighted by Gasteiger charge is 2.27. The number of halogens is 3. The summed E-state index contributed by atoms with van der Waals surface area (Å²) >= 11 is 3.37. The van der Waals surface area contributed by atoms with Crippen LogP contribution in [0.15, 0.2) is 16.7 Å².